The molecule has 0 atom stereocenters. The predicted molar refractivity (Wildman–Crippen MR) is 90.7 cm³/mol. The van der Waals surface area contributed by atoms with Gasteiger partial charge in [-0.15, -0.1) is 0 Å². The molecule has 0 aromatic heterocycles. The Morgan fingerprint density at radius 2 is 1.95 bits per heavy atom. The van der Waals surface area contributed by atoms with Crippen molar-refractivity contribution in [2.45, 2.75) is 26.7 Å². The number of benzene rings is 2. The van der Waals surface area contributed by atoms with E-state index in [1.54, 1.807) is 7.11 Å². The van der Waals surface area contributed by atoms with Gasteiger partial charge in [-0.1, -0.05) is 25.1 Å². The third-order valence-corrected chi connectivity index (χ3v) is 3.73. The van der Waals surface area contributed by atoms with Gasteiger partial charge in [0, 0.05) is 13.1 Å². The highest BCUT2D eigenvalue weighted by atomic mass is 16.5. The van der Waals surface area contributed by atoms with E-state index in [0.717, 1.165) is 18.6 Å². The first-order valence-electron chi connectivity index (χ1n) is 7.79. The average Bonchev–Trinajstić information content (AvgIpc) is 2.54. The van der Waals surface area contributed by atoms with Gasteiger partial charge in [0.1, 0.15) is 5.75 Å². The van der Waals surface area contributed by atoms with Crippen molar-refractivity contribution in [1.82, 2.24) is 10.6 Å². The fourth-order valence-corrected chi connectivity index (χ4v) is 2.55. The predicted octanol–water partition coefficient (Wildman–Crippen LogP) is 3.27. The molecule has 0 aliphatic heterocycles. The molecule has 0 aliphatic rings. The van der Waals surface area contributed by atoms with Crippen molar-refractivity contribution in [3.05, 3.63) is 41.5 Å². The second-order valence-corrected chi connectivity index (χ2v) is 5.23. The maximum absolute atomic E-state index is 11.5. The zero-order valence-electron chi connectivity index (χ0n) is 13.5. The molecule has 2 rings (SSSR count). The molecule has 4 nitrogen and oxygen atoms in total. The van der Waals surface area contributed by atoms with Crippen molar-refractivity contribution >= 4 is 16.8 Å². The molecule has 0 heterocycles. The van der Waals surface area contributed by atoms with E-state index in [1.165, 1.54) is 21.9 Å². The summed E-state index contributed by atoms with van der Waals surface area (Å²) in [6, 6.07) is 10.5. The van der Waals surface area contributed by atoms with Gasteiger partial charge in [0.25, 0.3) is 0 Å². The van der Waals surface area contributed by atoms with E-state index in [9.17, 15) is 4.79 Å². The fourth-order valence-electron chi connectivity index (χ4n) is 2.55. The fraction of sp³-hybridized carbons (Fsp3) is 0.389. The van der Waals surface area contributed by atoms with E-state index < -0.39 is 0 Å². The lowest BCUT2D eigenvalue weighted by Crippen LogP contribution is -2.36. The van der Waals surface area contributed by atoms with Crippen LogP contribution < -0.4 is 15.4 Å². The Morgan fingerprint density at radius 3 is 2.64 bits per heavy atom. The van der Waals surface area contributed by atoms with Crippen LogP contribution in [0.15, 0.2) is 30.3 Å². The topological polar surface area (TPSA) is 50.4 Å². The first kappa shape index (κ1) is 16.1. The maximum Gasteiger partial charge on any atom is 0.314 e. The number of aryl methyl sites for hydroxylation is 1. The molecule has 0 radical (unpaired) electrons. The van der Waals surface area contributed by atoms with Crippen LogP contribution in [0.3, 0.4) is 0 Å². The van der Waals surface area contributed by atoms with Crippen molar-refractivity contribution in [1.29, 1.82) is 0 Å². The van der Waals surface area contributed by atoms with Gasteiger partial charge in [-0.2, -0.15) is 0 Å². The van der Waals surface area contributed by atoms with Gasteiger partial charge in [-0.05, 0) is 53.8 Å². The second-order valence-electron chi connectivity index (χ2n) is 5.23. The average molecular weight is 300 g/mol. The lowest BCUT2D eigenvalue weighted by molar-refractivity contribution is 0.241. The Morgan fingerprint density at radius 1 is 1.14 bits per heavy atom. The molecule has 0 spiro atoms. The minimum Gasteiger partial charge on any atom is -0.497 e. The highest BCUT2D eigenvalue weighted by Crippen LogP contribution is 2.26. The normalized spacial score (nSPS) is 10.5. The molecule has 4 heteroatoms. The molecule has 2 aromatic rings. The Hall–Kier alpha value is -2.23. The highest BCUT2D eigenvalue weighted by Gasteiger charge is 2.06. The first-order chi connectivity index (χ1) is 10.7. The monoisotopic (exact) mass is 300 g/mol. The molecule has 0 saturated carbocycles. The quantitative estimate of drug-likeness (QED) is 0.860. The van der Waals surface area contributed by atoms with Crippen molar-refractivity contribution < 1.29 is 9.53 Å². The zero-order chi connectivity index (χ0) is 15.9. The zero-order valence-corrected chi connectivity index (χ0v) is 13.5. The number of carbonyl (C=O) groups is 1. The molecule has 22 heavy (non-hydrogen) atoms. The van der Waals surface area contributed by atoms with Gasteiger partial charge in [-0.25, -0.2) is 4.79 Å². The molecule has 0 fully saturated rings. The molecular formula is C18H24N2O2. The van der Waals surface area contributed by atoms with Gasteiger partial charge in [0.15, 0.2) is 0 Å². The summed E-state index contributed by atoms with van der Waals surface area (Å²) in [5, 5.41) is 8.03. The molecular weight excluding hydrogens is 276 g/mol. The van der Waals surface area contributed by atoms with E-state index in [0.29, 0.717) is 13.1 Å². The standard InChI is InChI=1S/C18H24N2O2/c1-4-13-10-14-6-7-16(22-3)12-17(14)15(11-13)8-9-20-18(21)19-5-2/h6-7,10-12H,4-5,8-9H2,1-3H3,(H2,19,20,21). The second kappa shape index (κ2) is 7.69. The van der Waals surface area contributed by atoms with Crippen LogP contribution in [0.4, 0.5) is 4.79 Å². The minimum atomic E-state index is -0.115. The van der Waals surface area contributed by atoms with Crippen LogP contribution in [0, 0.1) is 0 Å². The van der Waals surface area contributed by atoms with Crippen molar-refractivity contribution in [2.24, 2.45) is 0 Å². The third kappa shape index (κ3) is 3.91. The molecule has 0 aliphatic carbocycles. The highest BCUT2D eigenvalue weighted by molar-refractivity contribution is 5.88. The number of urea groups is 1. The van der Waals surface area contributed by atoms with Gasteiger partial charge in [0.2, 0.25) is 0 Å². The van der Waals surface area contributed by atoms with Crippen molar-refractivity contribution in [2.75, 3.05) is 20.2 Å². The van der Waals surface area contributed by atoms with Gasteiger partial charge >= 0.3 is 6.03 Å². The van der Waals surface area contributed by atoms with Crippen LogP contribution in [0.25, 0.3) is 10.8 Å². The molecule has 2 aromatic carbocycles. The van der Waals surface area contributed by atoms with Crippen LogP contribution in [-0.4, -0.2) is 26.2 Å². The van der Waals surface area contributed by atoms with Gasteiger partial charge in [-0.3, -0.25) is 0 Å². The Balaban J connectivity index is 2.23. The van der Waals surface area contributed by atoms with E-state index >= 15 is 0 Å². The van der Waals surface area contributed by atoms with E-state index in [2.05, 4.69) is 41.8 Å². The number of hydrogen-bond donors (Lipinski definition) is 2. The molecule has 0 saturated heterocycles. The van der Waals surface area contributed by atoms with Crippen LogP contribution in [0.2, 0.25) is 0 Å². The number of fused-ring (bicyclic) bond motifs is 1. The largest absolute Gasteiger partial charge is 0.497 e. The molecule has 0 bridgehead atoms. The van der Waals surface area contributed by atoms with E-state index in [1.807, 2.05) is 13.0 Å². The lowest BCUT2D eigenvalue weighted by atomic mass is 9.97. The lowest BCUT2D eigenvalue weighted by Gasteiger charge is -2.12. The summed E-state index contributed by atoms with van der Waals surface area (Å²) in [7, 11) is 1.68. The smallest absolute Gasteiger partial charge is 0.314 e. The first-order valence-corrected chi connectivity index (χ1v) is 7.79. The number of amides is 2. The Bertz CT molecular complexity index is 653. The third-order valence-electron chi connectivity index (χ3n) is 3.73. The molecule has 118 valence electrons. The number of methoxy groups -OCH3 is 1. The number of nitrogens with one attached hydrogen (secondary N) is 2. The minimum absolute atomic E-state index is 0.115. The Kier molecular flexibility index (Phi) is 5.64. The van der Waals surface area contributed by atoms with Crippen LogP contribution in [0.1, 0.15) is 25.0 Å². The van der Waals surface area contributed by atoms with Gasteiger partial charge in [0.05, 0.1) is 7.11 Å². The number of ether oxygens (including phenoxy) is 1. The van der Waals surface area contributed by atoms with E-state index in [-0.39, 0.29) is 6.03 Å². The number of carbonyl (C=O) groups excluding carboxylic acids is 1. The summed E-state index contributed by atoms with van der Waals surface area (Å²) in [6.45, 7) is 5.31. The summed E-state index contributed by atoms with van der Waals surface area (Å²) >= 11 is 0. The Labute approximate surface area is 131 Å². The van der Waals surface area contributed by atoms with Crippen LogP contribution in [-0.2, 0) is 12.8 Å². The molecule has 2 N–H and O–H groups in total. The number of hydrogen-bond acceptors (Lipinski definition) is 2. The van der Waals surface area contributed by atoms with Gasteiger partial charge < -0.3 is 15.4 Å². The van der Waals surface area contributed by atoms with Crippen LogP contribution in [0.5, 0.6) is 5.75 Å². The SMILES string of the molecule is CCNC(=O)NCCc1cc(CC)cc2ccc(OC)cc12. The van der Waals surface area contributed by atoms with Crippen LogP contribution >= 0.6 is 0 Å². The summed E-state index contributed by atoms with van der Waals surface area (Å²) in [5.74, 6) is 0.856. The number of rotatable bonds is 6. The summed E-state index contributed by atoms with van der Waals surface area (Å²) in [6.07, 6.45) is 1.80. The summed E-state index contributed by atoms with van der Waals surface area (Å²) in [5.41, 5.74) is 2.55. The maximum atomic E-state index is 11.5. The summed E-state index contributed by atoms with van der Waals surface area (Å²) in [4.78, 5) is 11.5. The van der Waals surface area contributed by atoms with Crippen molar-refractivity contribution in [3.8, 4) is 5.75 Å². The molecule has 0 unspecified atom stereocenters. The van der Waals surface area contributed by atoms with E-state index in [4.69, 9.17) is 4.74 Å². The summed E-state index contributed by atoms with van der Waals surface area (Å²) < 4.78 is 5.33. The van der Waals surface area contributed by atoms with Crippen molar-refractivity contribution in [3.63, 3.8) is 0 Å². The molecule has 2 amide bonds.